The molecule has 5 heteroatoms. The minimum atomic E-state index is -0.121. The number of aromatic nitrogens is 3. The van der Waals surface area contributed by atoms with E-state index in [-0.39, 0.29) is 5.56 Å². The number of rotatable bonds is 4. The third-order valence-electron chi connectivity index (χ3n) is 2.94. The van der Waals surface area contributed by atoms with Gasteiger partial charge in [-0.2, -0.15) is 0 Å². The Balaban J connectivity index is 1.70. The maximum atomic E-state index is 11.1. The molecule has 0 spiro atoms. The van der Waals surface area contributed by atoms with E-state index in [0.29, 0.717) is 0 Å². The SMILES string of the molecule is O=c1cc(-c2ccc(NCc3ccc[nH]3)cc2)[nH][nH]1. The molecule has 0 aliphatic heterocycles. The molecule has 0 bridgehead atoms. The van der Waals surface area contributed by atoms with Crippen molar-refractivity contribution in [3.63, 3.8) is 0 Å². The summed E-state index contributed by atoms with van der Waals surface area (Å²) in [6, 6.07) is 13.5. The number of hydrogen-bond donors (Lipinski definition) is 4. The second-order valence-electron chi connectivity index (χ2n) is 4.30. The molecule has 0 radical (unpaired) electrons. The standard InChI is InChI=1S/C14H14N4O/c19-14-8-13(17-18-14)10-3-5-11(6-4-10)16-9-12-2-1-7-15-12/h1-8,15-16H,9H2,(H2,17,18,19). The Morgan fingerprint density at radius 2 is 1.89 bits per heavy atom. The summed E-state index contributed by atoms with van der Waals surface area (Å²) in [6.07, 6.45) is 1.91. The van der Waals surface area contributed by atoms with Crippen LogP contribution in [-0.2, 0) is 6.54 Å². The lowest BCUT2D eigenvalue weighted by molar-refractivity contribution is 1.06. The smallest absolute Gasteiger partial charge is 0.264 e. The molecule has 4 N–H and O–H groups in total. The first-order valence-corrected chi connectivity index (χ1v) is 6.05. The molecule has 0 atom stereocenters. The van der Waals surface area contributed by atoms with E-state index in [1.54, 1.807) is 6.07 Å². The van der Waals surface area contributed by atoms with E-state index >= 15 is 0 Å². The highest BCUT2D eigenvalue weighted by Crippen LogP contribution is 2.18. The van der Waals surface area contributed by atoms with Gasteiger partial charge in [-0.25, -0.2) is 0 Å². The molecule has 19 heavy (non-hydrogen) atoms. The monoisotopic (exact) mass is 254 g/mol. The van der Waals surface area contributed by atoms with Crippen LogP contribution in [0.1, 0.15) is 5.69 Å². The van der Waals surface area contributed by atoms with Crippen molar-refractivity contribution >= 4 is 5.69 Å². The van der Waals surface area contributed by atoms with Gasteiger partial charge in [-0.05, 0) is 29.8 Å². The first-order valence-electron chi connectivity index (χ1n) is 6.05. The first kappa shape index (κ1) is 11.4. The molecule has 5 nitrogen and oxygen atoms in total. The molecule has 0 saturated carbocycles. The van der Waals surface area contributed by atoms with Crippen molar-refractivity contribution < 1.29 is 0 Å². The van der Waals surface area contributed by atoms with Gasteiger partial charge >= 0.3 is 0 Å². The summed E-state index contributed by atoms with van der Waals surface area (Å²) >= 11 is 0. The van der Waals surface area contributed by atoms with E-state index in [4.69, 9.17) is 0 Å². The van der Waals surface area contributed by atoms with Crippen molar-refractivity contribution in [2.24, 2.45) is 0 Å². The molecule has 3 aromatic rings. The predicted molar refractivity (Wildman–Crippen MR) is 75.0 cm³/mol. The van der Waals surface area contributed by atoms with Gasteiger partial charge in [0.1, 0.15) is 0 Å². The second kappa shape index (κ2) is 4.89. The fraction of sp³-hybridized carbons (Fsp3) is 0.0714. The normalized spacial score (nSPS) is 10.5. The van der Waals surface area contributed by atoms with Crippen molar-refractivity contribution in [2.45, 2.75) is 6.54 Å². The van der Waals surface area contributed by atoms with Crippen LogP contribution >= 0.6 is 0 Å². The molecule has 2 aromatic heterocycles. The molecule has 0 fully saturated rings. The van der Waals surface area contributed by atoms with Gasteiger partial charge in [0.2, 0.25) is 0 Å². The van der Waals surface area contributed by atoms with E-state index in [1.807, 2.05) is 42.6 Å². The van der Waals surface area contributed by atoms with Gasteiger partial charge in [-0.15, -0.1) is 0 Å². The largest absolute Gasteiger partial charge is 0.379 e. The Morgan fingerprint density at radius 3 is 2.53 bits per heavy atom. The Morgan fingerprint density at radius 1 is 1.05 bits per heavy atom. The number of benzene rings is 1. The van der Waals surface area contributed by atoms with Crippen LogP contribution in [0.15, 0.2) is 53.5 Å². The predicted octanol–water partition coefficient (Wildman–Crippen LogP) is 2.31. The molecule has 0 amide bonds. The van der Waals surface area contributed by atoms with Crippen molar-refractivity contribution in [1.29, 1.82) is 0 Å². The summed E-state index contributed by atoms with van der Waals surface area (Å²) in [6.45, 7) is 0.757. The summed E-state index contributed by atoms with van der Waals surface area (Å²) < 4.78 is 0. The van der Waals surface area contributed by atoms with Crippen LogP contribution in [0.4, 0.5) is 5.69 Å². The molecule has 0 unspecified atom stereocenters. The third-order valence-corrected chi connectivity index (χ3v) is 2.94. The van der Waals surface area contributed by atoms with Gasteiger partial charge < -0.3 is 10.3 Å². The summed E-state index contributed by atoms with van der Waals surface area (Å²) in [7, 11) is 0. The van der Waals surface area contributed by atoms with Crippen LogP contribution in [0.3, 0.4) is 0 Å². The van der Waals surface area contributed by atoms with E-state index in [0.717, 1.165) is 29.2 Å². The molecular formula is C14H14N4O. The highest BCUT2D eigenvalue weighted by atomic mass is 16.1. The van der Waals surface area contributed by atoms with E-state index in [9.17, 15) is 4.79 Å². The fourth-order valence-electron chi connectivity index (χ4n) is 1.93. The average Bonchev–Trinajstić information content (AvgIpc) is 3.08. The fourth-order valence-corrected chi connectivity index (χ4v) is 1.93. The van der Waals surface area contributed by atoms with E-state index < -0.39 is 0 Å². The molecule has 1 aromatic carbocycles. The number of aromatic amines is 3. The average molecular weight is 254 g/mol. The van der Waals surface area contributed by atoms with Crippen LogP contribution in [0.25, 0.3) is 11.3 Å². The van der Waals surface area contributed by atoms with Crippen LogP contribution in [0, 0.1) is 0 Å². The number of hydrogen-bond acceptors (Lipinski definition) is 2. The van der Waals surface area contributed by atoms with Crippen LogP contribution in [-0.4, -0.2) is 15.2 Å². The Labute approximate surface area is 109 Å². The zero-order chi connectivity index (χ0) is 13.1. The molecular weight excluding hydrogens is 240 g/mol. The maximum absolute atomic E-state index is 11.1. The third kappa shape index (κ3) is 2.60. The zero-order valence-corrected chi connectivity index (χ0v) is 10.2. The van der Waals surface area contributed by atoms with Gasteiger partial charge in [0.05, 0.1) is 12.2 Å². The Kier molecular flexibility index (Phi) is 2.94. The van der Waals surface area contributed by atoms with E-state index in [1.165, 1.54) is 0 Å². The molecule has 0 saturated heterocycles. The summed E-state index contributed by atoms with van der Waals surface area (Å²) in [5, 5.41) is 8.68. The zero-order valence-electron chi connectivity index (χ0n) is 10.2. The minimum Gasteiger partial charge on any atom is -0.379 e. The molecule has 3 rings (SSSR count). The van der Waals surface area contributed by atoms with Crippen molar-refractivity contribution in [3.8, 4) is 11.3 Å². The lowest BCUT2D eigenvalue weighted by Gasteiger charge is -2.05. The number of H-pyrrole nitrogens is 3. The van der Waals surface area contributed by atoms with Gasteiger partial charge in [0, 0.05) is 23.6 Å². The van der Waals surface area contributed by atoms with Crippen LogP contribution in [0.5, 0.6) is 0 Å². The van der Waals surface area contributed by atoms with Crippen molar-refractivity contribution in [2.75, 3.05) is 5.32 Å². The topological polar surface area (TPSA) is 76.5 Å². The summed E-state index contributed by atoms with van der Waals surface area (Å²) in [5.41, 5.74) is 3.82. The van der Waals surface area contributed by atoms with Gasteiger partial charge in [0.15, 0.2) is 0 Å². The van der Waals surface area contributed by atoms with Crippen molar-refractivity contribution in [1.82, 2.24) is 15.2 Å². The number of nitrogens with one attached hydrogen (secondary N) is 4. The second-order valence-corrected chi connectivity index (χ2v) is 4.30. The lowest BCUT2D eigenvalue weighted by Crippen LogP contribution is -1.99. The van der Waals surface area contributed by atoms with Crippen LogP contribution < -0.4 is 10.9 Å². The minimum absolute atomic E-state index is 0.121. The molecule has 96 valence electrons. The van der Waals surface area contributed by atoms with Gasteiger partial charge in [-0.1, -0.05) is 12.1 Å². The maximum Gasteiger partial charge on any atom is 0.264 e. The molecule has 2 heterocycles. The Hall–Kier alpha value is -2.69. The summed E-state index contributed by atoms with van der Waals surface area (Å²) in [4.78, 5) is 14.2. The van der Waals surface area contributed by atoms with Gasteiger partial charge in [-0.3, -0.25) is 15.0 Å². The molecule has 0 aliphatic carbocycles. The molecule has 0 aliphatic rings. The number of anilines is 1. The Bertz CT molecular complexity index is 692. The van der Waals surface area contributed by atoms with Gasteiger partial charge in [0.25, 0.3) is 5.56 Å². The van der Waals surface area contributed by atoms with Crippen LogP contribution in [0.2, 0.25) is 0 Å². The van der Waals surface area contributed by atoms with E-state index in [2.05, 4.69) is 20.5 Å². The summed E-state index contributed by atoms with van der Waals surface area (Å²) in [5.74, 6) is 0. The highest BCUT2D eigenvalue weighted by molar-refractivity contribution is 5.62. The van der Waals surface area contributed by atoms with Crippen molar-refractivity contribution in [3.05, 3.63) is 64.7 Å². The highest BCUT2D eigenvalue weighted by Gasteiger charge is 2.00. The quantitative estimate of drug-likeness (QED) is 0.576. The first-order chi connectivity index (χ1) is 9.31. The lowest BCUT2D eigenvalue weighted by atomic mass is 10.1.